The van der Waals surface area contributed by atoms with Crippen molar-refractivity contribution in [2.45, 2.75) is 32.4 Å². The van der Waals surface area contributed by atoms with Crippen molar-refractivity contribution in [2.75, 3.05) is 33.2 Å². The van der Waals surface area contributed by atoms with Crippen LogP contribution >= 0.6 is 0 Å². The van der Waals surface area contributed by atoms with Crippen molar-refractivity contribution < 1.29 is 4.79 Å². The largest absolute Gasteiger partial charge is 0.358 e. The van der Waals surface area contributed by atoms with Crippen LogP contribution in [0.25, 0.3) is 0 Å². The lowest BCUT2D eigenvalue weighted by molar-refractivity contribution is -0.128. The molecule has 1 fully saturated rings. The molecule has 1 heterocycles. The molecule has 0 bridgehead atoms. The van der Waals surface area contributed by atoms with Crippen LogP contribution in [-0.4, -0.2) is 61.0 Å². The first-order valence-electron chi connectivity index (χ1n) is 7.85. The average Bonchev–Trinajstić information content (AvgIpc) is 2.52. The predicted octanol–water partition coefficient (Wildman–Crippen LogP) is 1.37. The van der Waals surface area contributed by atoms with Gasteiger partial charge in [0.1, 0.15) is 6.04 Å². The van der Waals surface area contributed by atoms with Gasteiger partial charge in [-0.05, 0) is 25.8 Å². The molecular weight excluding hydrogens is 262 g/mol. The third-order valence-corrected chi connectivity index (χ3v) is 4.33. The van der Waals surface area contributed by atoms with Gasteiger partial charge in [-0.25, -0.2) is 0 Å². The highest BCUT2D eigenvalue weighted by Crippen LogP contribution is 2.14. The molecule has 0 aromatic heterocycles. The smallest absolute Gasteiger partial charge is 0.238 e. The zero-order valence-electron chi connectivity index (χ0n) is 13.4. The molecule has 0 radical (unpaired) electrons. The molecule has 1 unspecified atom stereocenters. The molecule has 116 valence electrons. The molecular formula is C17H27N3O. The maximum absolute atomic E-state index is 12.2. The summed E-state index contributed by atoms with van der Waals surface area (Å²) in [7, 11) is 1.73. The monoisotopic (exact) mass is 289 g/mol. The quantitative estimate of drug-likeness (QED) is 0.889. The molecule has 1 aromatic carbocycles. The molecule has 4 heteroatoms. The van der Waals surface area contributed by atoms with Crippen molar-refractivity contribution in [1.29, 1.82) is 0 Å². The first kappa shape index (κ1) is 16.0. The van der Waals surface area contributed by atoms with Gasteiger partial charge in [0, 0.05) is 39.3 Å². The fraction of sp³-hybridized carbons (Fsp3) is 0.588. The van der Waals surface area contributed by atoms with Crippen molar-refractivity contribution in [3.05, 3.63) is 35.9 Å². The van der Waals surface area contributed by atoms with E-state index in [-0.39, 0.29) is 11.9 Å². The van der Waals surface area contributed by atoms with E-state index >= 15 is 0 Å². The van der Waals surface area contributed by atoms with Gasteiger partial charge in [-0.3, -0.25) is 14.6 Å². The van der Waals surface area contributed by atoms with E-state index in [1.165, 1.54) is 5.56 Å². The number of nitrogens with one attached hydrogen (secondary N) is 1. The van der Waals surface area contributed by atoms with Crippen molar-refractivity contribution in [2.24, 2.45) is 0 Å². The molecule has 0 saturated carbocycles. The van der Waals surface area contributed by atoms with Crippen molar-refractivity contribution in [1.82, 2.24) is 15.1 Å². The Morgan fingerprint density at radius 3 is 2.62 bits per heavy atom. The van der Waals surface area contributed by atoms with E-state index in [9.17, 15) is 4.79 Å². The van der Waals surface area contributed by atoms with E-state index < -0.39 is 0 Å². The lowest BCUT2D eigenvalue weighted by Crippen LogP contribution is -2.60. The lowest BCUT2D eigenvalue weighted by atomic mass is 10.1. The van der Waals surface area contributed by atoms with Crippen LogP contribution in [0, 0.1) is 0 Å². The van der Waals surface area contributed by atoms with Gasteiger partial charge in [0.05, 0.1) is 0 Å². The molecule has 1 aliphatic rings. The van der Waals surface area contributed by atoms with Gasteiger partial charge >= 0.3 is 0 Å². The Kier molecular flexibility index (Phi) is 5.76. The van der Waals surface area contributed by atoms with Crippen LogP contribution < -0.4 is 5.32 Å². The molecule has 1 aromatic rings. The number of hydrogen-bond donors (Lipinski definition) is 1. The summed E-state index contributed by atoms with van der Waals surface area (Å²) in [6.45, 7) is 8.16. The molecule has 1 aliphatic heterocycles. The highest BCUT2D eigenvalue weighted by atomic mass is 16.2. The second kappa shape index (κ2) is 7.57. The first-order chi connectivity index (χ1) is 10.1. The highest BCUT2D eigenvalue weighted by Gasteiger charge is 2.32. The summed E-state index contributed by atoms with van der Waals surface area (Å²) >= 11 is 0. The minimum absolute atomic E-state index is 0.0325. The zero-order chi connectivity index (χ0) is 15.2. The van der Waals surface area contributed by atoms with Gasteiger partial charge in [-0.15, -0.1) is 0 Å². The zero-order valence-corrected chi connectivity index (χ0v) is 13.4. The maximum Gasteiger partial charge on any atom is 0.238 e. The van der Waals surface area contributed by atoms with Crippen LogP contribution in [0.2, 0.25) is 0 Å². The Morgan fingerprint density at radius 2 is 2.00 bits per heavy atom. The average molecular weight is 289 g/mol. The van der Waals surface area contributed by atoms with E-state index in [1.54, 1.807) is 7.05 Å². The summed E-state index contributed by atoms with van der Waals surface area (Å²) in [5.41, 5.74) is 1.33. The number of carbonyl (C=O) groups is 1. The van der Waals surface area contributed by atoms with Crippen molar-refractivity contribution in [3.63, 3.8) is 0 Å². The van der Waals surface area contributed by atoms with Crippen molar-refractivity contribution >= 4 is 5.91 Å². The van der Waals surface area contributed by atoms with Gasteiger partial charge in [0.2, 0.25) is 5.91 Å². The predicted molar refractivity (Wildman–Crippen MR) is 86.3 cm³/mol. The van der Waals surface area contributed by atoms with Gasteiger partial charge in [-0.1, -0.05) is 30.3 Å². The van der Waals surface area contributed by atoms with Crippen molar-refractivity contribution in [3.8, 4) is 0 Å². The van der Waals surface area contributed by atoms with E-state index in [1.807, 2.05) is 6.07 Å². The third kappa shape index (κ3) is 4.29. The molecule has 1 amide bonds. The molecule has 21 heavy (non-hydrogen) atoms. The Balaban J connectivity index is 1.98. The molecule has 0 spiro atoms. The van der Waals surface area contributed by atoms with E-state index in [0.717, 1.165) is 32.6 Å². The van der Waals surface area contributed by atoms with E-state index in [4.69, 9.17) is 0 Å². The molecule has 1 atom stereocenters. The molecule has 0 aliphatic carbocycles. The van der Waals surface area contributed by atoms with E-state index in [2.05, 4.69) is 53.2 Å². The normalized spacial score (nSPS) is 20.7. The third-order valence-electron chi connectivity index (χ3n) is 4.33. The second-order valence-electron chi connectivity index (χ2n) is 5.99. The number of carbonyl (C=O) groups excluding carboxylic acids is 1. The lowest BCUT2D eigenvalue weighted by Gasteiger charge is -2.42. The number of benzene rings is 1. The fourth-order valence-corrected chi connectivity index (χ4v) is 2.91. The highest BCUT2D eigenvalue weighted by molar-refractivity contribution is 5.81. The van der Waals surface area contributed by atoms with Crippen LogP contribution in [0.1, 0.15) is 19.4 Å². The van der Waals surface area contributed by atoms with Crippen LogP contribution in [-0.2, 0) is 11.2 Å². The topological polar surface area (TPSA) is 35.6 Å². The SMILES string of the molecule is CNC(=O)C1CN(C(C)C)CCN1CCc1ccccc1. The standard InChI is InChI=1S/C17H27N3O/c1-14(2)20-12-11-19(16(13-20)17(21)18-3)10-9-15-7-5-4-6-8-15/h4-8,14,16H,9-13H2,1-3H3,(H,18,21). The van der Waals surface area contributed by atoms with Crippen LogP contribution in [0.15, 0.2) is 30.3 Å². The second-order valence-corrected chi connectivity index (χ2v) is 5.99. The summed E-state index contributed by atoms with van der Waals surface area (Å²) in [6, 6.07) is 10.9. The Labute approximate surface area is 128 Å². The Bertz CT molecular complexity index is 447. The Hall–Kier alpha value is -1.39. The number of rotatable bonds is 5. The number of piperazine rings is 1. The summed E-state index contributed by atoms with van der Waals surface area (Å²) in [5.74, 6) is 0.133. The maximum atomic E-state index is 12.2. The molecule has 1 saturated heterocycles. The Morgan fingerprint density at radius 1 is 1.29 bits per heavy atom. The number of likely N-dealkylation sites (N-methyl/N-ethyl adjacent to an activating group) is 1. The fourth-order valence-electron chi connectivity index (χ4n) is 2.91. The van der Waals surface area contributed by atoms with Gasteiger partial charge in [-0.2, -0.15) is 0 Å². The van der Waals surface area contributed by atoms with Crippen LogP contribution in [0.4, 0.5) is 0 Å². The number of nitrogens with zero attached hydrogens (tertiary/aromatic N) is 2. The minimum atomic E-state index is -0.0325. The molecule has 1 N–H and O–H groups in total. The number of hydrogen-bond acceptors (Lipinski definition) is 3. The van der Waals surface area contributed by atoms with Crippen LogP contribution in [0.3, 0.4) is 0 Å². The van der Waals surface area contributed by atoms with Gasteiger partial charge in [0.25, 0.3) is 0 Å². The summed E-state index contributed by atoms with van der Waals surface area (Å²) in [6.07, 6.45) is 0.996. The summed E-state index contributed by atoms with van der Waals surface area (Å²) in [5, 5.41) is 2.82. The number of amides is 1. The summed E-state index contributed by atoms with van der Waals surface area (Å²) < 4.78 is 0. The minimum Gasteiger partial charge on any atom is -0.358 e. The van der Waals surface area contributed by atoms with Gasteiger partial charge < -0.3 is 5.32 Å². The molecule has 2 rings (SSSR count). The van der Waals surface area contributed by atoms with Gasteiger partial charge in [0.15, 0.2) is 0 Å². The first-order valence-corrected chi connectivity index (χ1v) is 7.85. The molecule has 4 nitrogen and oxygen atoms in total. The van der Waals surface area contributed by atoms with E-state index in [0.29, 0.717) is 6.04 Å². The van der Waals surface area contributed by atoms with Crippen LogP contribution in [0.5, 0.6) is 0 Å². The summed E-state index contributed by atoms with van der Waals surface area (Å²) in [4.78, 5) is 16.9.